The second-order valence-electron chi connectivity index (χ2n) is 5.84. The molecule has 0 saturated carbocycles. The molecule has 0 bridgehead atoms. The van der Waals surface area contributed by atoms with E-state index in [1.54, 1.807) is 60.7 Å². The first-order chi connectivity index (χ1) is 13.5. The fourth-order valence-corrected chi connectivity index (χ4v) is 2.46. The highest BCUT2D eigenvalue weighted by molar-refractivity contribution is 6.28. The van der Waals surface area contributed by atoms with Gasteiger partial charge in [0, 0.05) is 16.9 Å². The third-order valence-electron chi connectivity index (χ3n) is 3.83. The van der Waals surface area contributed by atoms with Crippen LogP contribution in [0.15, 0.2) is 84.4 Å². The van der Waals surface area contributed by atoms with E-state index in [1.807, 2.05) is 0 Å². The van der Waals surface area contributed by atoms with E-state index >= 15 is 0 Å². The molecule has 4 nitrogen and oxygen atoms in total. The number of nitrogens with one attached hydrogen (secondary N) is 2. The van der Waals surface area contributed by atoms with Crippen LogP contribution in [-0.4, -0.2) is 11.8 Å². The summed E-state index contributed by atoms with van der Waals surface area (Å²) in [4.78, 5) is 25.4. The average molecular weight is 378 g/mol. The zero-order valence-corrected chi connectivity index (χ0v) is 14.7. The van der Waals surface area contributed by atoms with Crippen LogP contribution in [0.5, 0.6) is 0 Å². The summed E-state index contributed by atoms with van der Waals surface area (Å²) in [5, 5.41) is 5.16. The Morgan fingerprint density at radius 1 is 0.679 bits per heavy atom. The van der Waals surface area contributed by atoms with Crippen LogP contribution < -0.4 is 10.6 Å². The third kappa shape index (κ3) is 4.67. The summed E-state index contributed by atoms with van der Waals surface area (Å²) < 4.78 is 27.6. The lowest BCUT2D eigenvalue weighted by Gasteiger charge is -2.11. The number of hydrogen-bond donors (Lipinski definition) is 2. The number of anilines is 2. The Kier molecular flexibility index (Phi) is 5.91. The standard InChI is InChI=1S/C22H16F2N2O2/c23-19-13-7-8-15(20(19)24)14-18(21(27)25-16-9-3-1-4-10-16)22(28)26-17-11-5-2-6-12-17/h1-14H,(H,25,27)(H,26,28). The molecule has 0 fully saturated rings. The second kappa shape index (κ2) is 8.73. The summed E-state index contributed by atoms with van der Waals surface area (Å²) in [6.07, 6.45) is 1.02. The Bertz CT molecular complexity index is 964. The van der Waals surface area contributed by atoms with Gasteiger partial charge in [-0.2, -0.15) is 0 Å². The van der Waals surface area contributed by atoms with E-state index in [0.29, 0.717) is 11.4 Å². The number of carbonyl (C=O) groups excluding carboxylic acids is 2. The van der Waals surface area contributed by atoms with Crippen molar-refractivity contribution in [2.75, 3.05) is 10.6 Å². The molecule has 3 aromatic carbocycles. The van der Waals surface area contributed by atoms with Crippen LogP contribution in [-0.2, 0) is 9.59 Å². The van der Waals surface area contributed by atoms with Crippen LogP contribution in [0.2, 0.25) is 0 Å². The van der Waals surface area contributed by atoms with Crippen LogP contribution in [0, 0.1) is 11.6 Å². The summed E-state index contributed by atoms with van der Waals surface area (Å²) in [6, 6.07) is 20.5. The topological polar surface area (TPSA) is 58.2 Å². The number of amides is 2. The lowest BCUT2D eigenvalue weighted by Crippen LogP contribution is -2.25. The average Bonchev–Trinajstić information content (AvgIpc) is 2.70. The summed E-state index contributed by atoms with van der Waals surface area (Å²) >= 11 is 0. The predicted molar refractivity (Wildman–Crippen MR) is 104 cm³/mol. The molecule has 28 heavy (non-hydrogen) atoms. The normalized spacial score (nSPS) is 10.1. The van der Waals surface area contributed by atoms with E-state index in [0.717, 1.165) is 12.1 Å². The van der Waals surface area contributed by atoms with Crippen molar-refractivity contribution in [1.29, 1.82) is 0 Å². The minimum atomic E-state index is -1.14. The molecule has 0 spiro atoms. The van der Waals surface area contributed by atoms with Gasteiger partial charge in [0.2, 0.25) is 0 Å². The molecule has 0 aromatic heterocycles. The molecule has 0 atom stereocenters. The molecule has 0 aliphatic carbocycles. The predicted octanol–water partition coefficient (Wildman–Crippen LogP) is 4.63. The first-order valence-electron chi connectivity index (χ1n) is 8.43. The summed E-state index contributed by atoms with van der Waals surface area (Å²) in [5.74, 6) is -3.70. The lowest BCUT2D eigenvalue weighted by atomic mass is 10.1. The molecule has 0 unspecified atom stereocenters. The molecule has 0 heterocycles. The van der Waals surface area contributed by atoms with Crippen molar-refractivity contribution in [2.45, 2.75) is 0 Å². The summed E-state index contributed by atoms with van der Waals surface area (Å²) in [7, 11) is 0. The first-order valence-corrected chi connectivity index (χ1v) is 8.43. The van der Waals surface area contributed by atoms with Gasteiger partial charge >= 0.3 is 0 Å². The lowest BCUT2D eigenvalue weighted by molar-refractivity contribution is -0.118. The third-order valence-corrected chi connectivity index (χ3v) is 3.83. The number of para-hydroxylation sites is 2. The zero-order valence-electron chi connectivity index (χ0n) is 14.7. The van der Waals surface area contributed by atoms with E-state index < -0.39 is 23.4 Å². The van der Waals surface area contributed by atoms with Crippen LogP contribution in [0.3, 0.4) is 0 Å². The Morgan fingerprint density at radius 3 is 1.68 bits per heavy atom. The Morgan fingerprint density at radius 2 is 1.18 bits per heavy atom. The SMILES string of the molecule is O=C(Nc1ccccc1)C(=Cc1cccc(F)c1F)C(=O)Nc1ccccc1. The minimum Gasteiger partial charge on any atom is -0.322 e. The number of hydrogen-bond acceptors (Lipinski definition) is 2. The van der Waals surface area contributed by atoms with E-state index in [9.17, 15) is 18.4 Å². The molecule has 3 aromatic rings. The van der Waals surface area contributed by atoms with Crippen molar-refractivity contribution in [1.82, 2.24) is 0 Å². The number of carbonyl (C=O) groups is 2. The Balaban J connectivity index is 1.95. The molecule has 2 N–H and O–H groups in total. The van der Waals surface area contributed by atoms with E-state index in [1.165, 1.54) is 12.1 Å². The zero-order chi connectivity index (χ0) is 19.9. The van der Waals surface area contributed by atoms with Gasteiger partial charge in [0.1, 0.15) is 5.57 Å². The van der Waals surface area contributed by atoms with Crippen LogP contribution >= 0.6 is 0 Å². The monoisotopic (exact) mass is 378 g/mol. The molecule has 6 heteroatoms. The van der Waals surface area contributed by atoms with Gasteiger partial charge in [-0.3, -0.25) is 9.59 Å². The van der Waals surface area contributed by atoms with Gasteiger partial charge in [0.15, 0.2) is 11.6 Å². The largest absolute Gasteiger partial charge is 0.322 e. The first kappa shape index (κ1) is 19.0. The van der Waals surface area contributed by atoms with Crippen molar-refractivity contribution < 1.29 is 18.4 Å². The van der Waals surface area contributed by atoms with Gasteiger partial charge in [-0.1, -0.05) is 48.5 Å². The maximum absolute atomic E-state index is 14.1. The molecule has 0 radical (unpaired) electrons. The molecule has 0 aliphatic rings. The quantitative estimate of drug-likeness (QED) is 0.386. The van der Waals surface area contributed by atoms with Crippen molar-refractivity contribution >= 4 is 29.3 Å². The number of rotatable bonds is 5. The van der Waals surface area contributed by atoms with Gasteiger partial charge in [-0.05, 0) is 36.4 Å². The van der Waals surface area contributed by atoms with E-state index in [-0.39, 0.29) is 11.1 Å². The van der Waals surface area contributed by atoms with Gasteiger partial charge in [0.25, 0.3) is 11.8 Å². The summed E-state index contributed by atoms with van der Waals surface area (Å²) in [5.41, 5.74) is 0.356. The fourth-order valence-electron chi connectivity index (χ4n) is 2.46. The van der Waals surface area contributed by atoms with E-state index in [2.05, 4.69) is 10.6 Å². The van der Waals surface area contributed by atoms with Gasteiger partial charge in [-0.25, -0.2) is 8.78 Å². The Labute approximate surface area is 160 Å². The molecule has 2 amide bonds. The number of benzene rings is 3. The van der Waals surface area contributed by atoms with Crippen molar-refractivity contribution in [3.05, 3.63) is 102 Å². The van der Waals surface area contributed by atoms with Gasteiger partial charge < -0.3 is 10.6 Å². The van der Waals surface area contributed by atoms with Crippen LogP contribution in [0.25, 0.3) is 6.08 Å². The van der Waals surface area contributed by atoms with Gasteiger partial charge in [-0.15, -0.1) is 0 Å². The number of halogens is 2. The molecule has 140 valence electrons. The van der Waals surface area contributed by atoms with Crippen LogP contribution in [0.1, 0.15) is 5.56 Å². The fraction of sp³-hybridized carbons (Fsp3) is 0. The molecule has 0 aliphatic heterocycles. The summed E-state index contributed by atoms with van der Waals surface area (Å²) in [6.45, 7) is 0. The van der Waals surface area contributed by atoms with Crippen LogP contribution in [0.4, 0.5) is 20.2 Å². The van der Waals surface area contributed by atoms with E-state index in [4.69, 9.17) is 0 Å². The van der Waals surface area contributed by atoms with Gasteiger partial charge in [0.05, 0.1) is 0 Å². The maximum Gasteiger partial charge on any atom is 0.261 e. The highest BCUT2D eigenvalue weighted by Gasteiger charge is 2.20. The Hall–Kier alpha value is -3.80. The highest BCUT2D eigenvalue weighted by Crippen LogP contribution is 2.18. The smallest absolute Gasteiger partial charge is 0.261 e. The minimum absolute atomic E-state index is 0.207. The molecule has 3 rings (SSSR count). The molecule has 0 saturated heterocycles. The maximum atomic E-state index is 14.1. The molecular formula is C22H16F2N2O2. The second-order valence-corrected chi connectivity index (χ2v) is 5.84. The van der Waals surface area contributed by atoms with Crippen molar-refractivity contribution in [2.24, 2.45) is 0 Å². The van der Waals surface area contributed by atoms with Crippen molar-refractivity contribution in [3.8, 4) is 0 Å². The molecular weight excluding hydrogens is 362 g/mol. The highest BCUT2D eigenvalue weighted by atomic mass is 19.2. The van der Waals surface area contributed by atoms with Crippen molar-refractivity contribution in [3.63, 3.8) is 0 Å².